The topological polar surface area (TPSA) is 17.8 Å². The van der Waals surface area contributed by atoms with Crippen LogP contribution in [0.2, 0.25) is 0 Å². The first-order valence-corrected chi connectivity index (χ1v) is 15.7. The Bertz CT molecular complexity index is 2090. The number of para-hydroxylation sites is 1. The second-order valence-electron chi connectivity index (χ2n) is 12.4. The van der Waals surface area contributed by atoms with Gasteiger partial charge in [0.2, 0.25) is 0 Å². The minimum atomic E-state index is -0.00290. The number of aryl methyl sites for hydroxylation is 1. The van der Waals surface area contributed by atoms with Crippen LogP contribution < -0.4 is 10.4 Å². The van der Waals surface area contributed by atoms with Crippen molar-refractivity contribution in [2.75, 3.05) is 0 Å². The second-order valence-corrected chi connectivity index (χ2v) is 12.4. The third kappa shape index (κ3) is 4.19. The number of aromatic nitrogens is 2. The molecule has 0 bridgehead atoms. The molecule has 1 heterocycles. The first kappa shape index (κ1) is 26.0. The first-order valence-electron chi connectivity index (χ1n) is 15.7. The van der Waals surface area contributed by atoms with Crippen molar-refractivity contribution in [2.45, 2.75) is 39.5 Å². The average Bonchev–Trinajstić information content (AvgIpc) is 3.39. The summed E-state index contributed by atoms with van der Waals surface area (Å²) in [4.78, 5) is 4.85. The summed E-state index contributed by atoms with van der Waals surface area (Å²) in [5.41, 5.74) is 11.6. The Labute approximate surface area is 253 Å². The minimum absolute atomic E-state index is 0.00290. The summed E-state index contributed by atoms with van der Waals surface area (Å²) in [5, 5.41) is 2.81. The smallest absolute Gasteiger partial charge is 0.111 e. The van der Waals surface area contributed by atoms with E-state index < -0.39 is 0 Å². The summed E-state index contributed by atoms with van der Waals surface area (Å²) in [6.07, 6.45) is 16.4. The normalized spacial score (nSPS) is 21.1. The summed E-state index contributed by atoms with van der Waals surface area (Å²) >= 11 is 0. The van der Waals surface area contributed by atoms with Gasteiger partial charge in [0.15, 0.2) is 0 Å². The Hall–Kier alpha value is -4.69. The maximum Gasteiger partial charge on any atom is 0.111 e. The Morgan fingerprint density at radius 3 is 2.33 bits per heavy atom. The van der Waals surface area contributed by atoms with Crippen molar-refractivity contribution in [2.24, 2.45) is 11.3 Å². The number of hydrogen-bond donors (Lipinski definition) is 0. The number of nitrogens with zero attached hydrogens (tertiary/aromatic N) is 2. The molecule has 4 aromatic carbocycles. The van der Waals surface area contributed by atoms with Gasteiger partial charge in [-0.1, -0.05) is 110 Å². The fourth-order valence-electron chi connectivity index (χ4n) is 7.88. The van der Waals surface area contributed by atoms with Gasteiger partial charge in [-0.25, -0.2) is 4.98 Å². The van der Waals surface area contributed by atoms with Crippen LogP contribution in [-0.2, 0) is 0 Å². The maximum absolute atomic E-state index is 4.85. The van der Waals surface area contributed by atoms with Crippen LogP contribution in [0.3, 0.4) is 0 Å². The zero-order valence-corrected chi connectivity index (χ0v) is 24.9. The largest absolute Gasteiger partial charge is 0.297 e. The molecule has 3 aliphatic rings. The molecule has 1 aromatic heterocycles. The third-order valence-electron chi connectivity index (χ3n) is 9.85. The summed E-state index contributed by atoms with van der Waals surface area (Å²) in [5.74, 6) is 1.43. The zero-order valence-electron chi connectivity index (χ0n) is 24.9. The summed E-state index contributed by atoms with van der Waals surface area (Å²) in [6, 6.07) is 35.7. The van der Waals surface area contributed by atoms with Gasteiger partial charge in [0.1, 0.15) is 5.82 Å². The zero-order chi connectivity index (χ0) is 29.0. The fourth-order valence-corrected chi connectivity index (χ4v) is 7.88. The molecule has 0 amide bonds. The predicted octanol–water partition coefficient (Wildman–Crippen LogP) is 8.61. The fraction of sp³-hybridized carbons (Fsp3) is 0.195. The van der Waals surface area contributed by atoms with Crippen molar-refractivity contribution in [3.8, 4) is 16.8 Å². The molecule has 5 aromatic rings. The van der Waals surface area contributed by atoms with Crippen molar-refractivity contribution in [1.82, 2.24) is 9.55 Å². The van der Waals surface area contributed by atoms with E-state index in [9.17, 15) is 0 Å². The van der Waals surface area contributed by atoms with Gasteiger partial charge in [0, 0.05) is 17.0 Å². The lowest BCUT2D eigenvalue weighted by molar-refractivity contribution is 0.448. The molecule has 210 valence electrons. The van der Waals surface area contributed by atoms with Crippen LogP contribution >= 0.6 is 0 Å². The number of rotatable bonds is 4. The molecule has 0 spiro atoms. The highest BCUT2D eigenvalue weighted by molar-refractivity contribution is 5.87. The molecular weight excluding hydrogens is 520 g/mol. The lowest BCUT2D eigenvalue weighted by Gasteiger charge is -2.43. The van der Waals surface area contributed by atoms with Crippen LogP contribution in [-0.4, -0.2) is 9.55 Å². The molecule has 2 nitrogen and oxygen atoms in total. The van der Waals surface area contributed by atoms with Crippen LogP contribution in [0, 0.1) is 18.3 Å². The Morgan fingerprint density at radius 2 is 1.53 bits per heavy atom. The first-order chi connectivity index (χ1) is 21.1. The predicted molar refractivity (Wildman–Crippen MR) is 179 cm³/mol. The molecular formula is C41H36N2. The number of benzene rings is 4. The third-order valence-corrected chi connectivity index (χ3v) is 9.85. The summed E-state index contributed by atoms with van der Waals surface area (Å²) < 4.78 is 2.26. The van der Waals surface area contributed by atoms with Crippen LogP contribution in [0.15, 0.2) is 133 Å². The molecule has 0 saturated heterocycles. The van der Waals surface area contributed by atoms with E-state index in [4.69, 9.17) is 4.98 Å². The molecule has 3 aliphatic carbocycles. The van der Waals surface area contributed by atoms with Gasteiger partial charge in [-0.05, 0) is 101 Å². The van der Waals surface area contributed by atoms with E-state index in [0.717, 1.165) is 35.4 Å². The van der Waals surface area contributed by atoms with E-state index in [-0.39, 0.29) is 5.41 Å². The average molecular weight is 557 g/mol. The van der Waals surface area contributed by atoms with E-state index in [0.29, 0.717) is 5.92 Å². The molecule has 0 fully saturated rings. The van der Waals surface area contributed by atoms with E-state index in [1.165, 1.54) is 51.1 Å². The highest BCUT2D eigenvalue weighted by Gasteiger charge is 2.41. The van der Waals surface area contributed by atoms with Gasteiger partial charge in [0.05, 0.1) is 11.0 Å². The van der Waals surface area contributed by atoms with Crippen molar-refractivity contribution < 1.29 is 0 Å². The second kappa shape index (κ2) is 10.2. The molecule has 43 heavy (non-hydrogen) atoms. The van der Waals surface area contributed by atoms with Crippen molar-refractivity contribution in [1.29, 1.82) is 0 Å². The van der Waals surface area contributed by atoms with Gasteiger partial charge in [0.25, 0.3) is 0 Å². The lowest BCUT2D eigenvalue weighted by Crippen LogP contribution is -2.44. The molecule has 8 rings (SSSR count). The van der Waals surface area contributed by atoms with Gasteiger partial charge >= 0.3 is 0 Å². The molecule has 0 N–H and O–H groups in total. The Morgan fingerprint density at radius 1 is 0.791 bits per heavy atom. The maximum atomic E-state index is 4.85. The van der Waals surface area contributed by atoms with Gasteiger partial charge < -0.3 is 0 Å². The number of fused-ring (bicyclic) bond motifs is 3. The quantitative estimate of drug-likeness (QED) is 0.217. The Kier molecular flexibility index (Phi) is 6.19. The van der Waals surface area contributed by atoms with E-state index >= 15 is 0 Å². The molecule has 0 saturated carbocycles. The minimum Gasteiger partial charge on any atom is -0.297 e. The molecule has 0 aliphatic heterocycles. The SMILES string of the molecule is Cc1nc2ccc(-c3ccc(C4=c5ccccc5=C(C5C=CC=CC5)C5=CCCC[C@@]54C)cc3)cc2n1-c1ccccc1. The van der Waals surface area contributed by atoms with Gasteiger partial charge in [-0.2, -0.15) is 0 Å². The Balaban J connectivity index is 1.27. The van der Waals surface area contributed by atoms with E-state index in [2.05, 4.69) is 146 Å². The van der Waals surface area contributed by atoms with Crippen molar-refractivity contribution >= 4 is 22.2 Å². The summed E-state index contributed by atoms with van der Waals surface area (Å²) in [6.45, 7) is 4.58. The summed E-state index contributed by atoms with van der Waals surface area (Å²) in [7, 11) is 0. The molecule has 2 heteroatoms. The van der Waals surface area contributed by atoms with E-state index in [1.54, 1.807) is 5.57 Å². The number of imidazole rings is 1. The standard InChI is InChI=1S/C41H36N2/c1-28-42-37-25-24-32(27-38(37)43(28)33-15-7-4-8-16-33)29-20-22-31(23-21-29)40-35-18-10-9-17-34(35)39(30-13-5-3-6-14-30)36-19-11-12-26-41(36,40)2/h3-10,13,15-25,27,30H,11-12,14,26H2,1-2H3/t30?,41-/m0/s1. The van der Waals surface area contributed by atoms with Crippen LogP contribution in [0.5, 0.6) is 0 Å². The van der Waals surface area contributed by atoms with Crippen molar-refractivity contribution in [3.05, 3.63) is 155 Å². The molecule has 0 radical (unpaired) electrons. The van der Waals surface area contributed by atoms with Crippen LogP contribution in [0.1, 0.15) is 44.0 Å². The van der Waals surface area contributed by atoms with Gasteiger partial charge in [-0.3, -0.25) is 4.57 Å². The highest BCUT2D eigenvalue weighted by Crippen LogP contribution is 2.52. The number of allylic oxidation sites excluding steroid dienone is 6. The molecule has 1 unspecified atom stereocenters. The van der Waals surface area contributed by atoms with Crippen LogP contribution in [0.25, 0.3) is 39.0 Å². The monoisotopic (exact) mass is 556 g/mol. The van der Waals surface area contributed by atoms with Gasteiger partial charge in [-0.15, -0.1) is 0 Å². The molecule has 2 atom stereocenters. The van der Waals surface area contributed by atoms with E-state index in [1.807, 2.05) is 0 Å². The van der Waals surface area contributed by atoms with Crippen LogP contribution in [0.4, 0.5) is 0 Å². The van der Waals surface area contributed by atoms with Crippen molar-refractivity contribution in [3.63, 3.8) is 0 Å². The highest BCUT2D eigenvalue weighted by atomic mass is 15.1. The number of hydrogen-bond acceptors (Lipinski definition) is 1. The lowest BCUT2D eigenvalue weighted by atomic mass is 9.60.